The van der Waals surface area contributed by atoms with Gasteiger partial charge in [-0.15, -0.1) is 0 Å². The first kappa shape index (κ1) is 24.3. The van der Waals surface area contributed by atoms with Crippen LogP contribution in [0.3, 0.4) is 0 Å². The van der Waals surface area contributed by atoms with Crippen molar-refractivity contribution >= 4 is 11.6 Å². The topological polar surface area (TPSA) is 63.6 Å². The normalized spacial score (nSPS) is 15.2. The predicted molar refractivity (Wildman–Crippen MR) is 136 cm³/mol. The Bertz CT molecular complexity index is 1200. The number of hydrogen-bond donors (Lipinski definition) is 0. The van der Waals surface area contributed by atoms with E-state index in [4.69, 9.17) is 19.3 Å². The van der Waals surface area contributed by atoms with Crippen LogP contribution in [0.4, 0.5) is 0 Å². The molecule has 0 spiro atoms. The first-order valence-corrected chi connectivity index (χ1v) is 11.5. The average Bonchev–Trinajstić information content (AvgIpc) is 3.34. The Labute approximate surface area is 206 Å². The monoisotopic (exact) mass is 473 g/mol. The third-order valence-corrected chi connectivity index (χ3v) is 6.07. The lowest BCUT2D eigenvalue weighted by Gasteiger charge is -2.26. The minimum absolute atomic E-state index is 0.0794. The summed E-state index contributed by atoms with van der Waals surface area (Å²) in [5.74, 6) is 2.02. The van der Waals surface area contributed by atoms with Crippen molar-refractivity contribution in [1.82, 2.24) is 9.91 Å². The molecule has 0 bridgehead atoms. The van der Waals surface area contributed by atoms with Crippen LogP contribution in [0, 0.1) is 0 Å². The fraction of sp³-hybridized carbons (Fsp3) is 0.286. The molecule has 0 aromatic heterocycles. The number of rotatable bonds is 9. The number of benzene rings is 3. The van der Waals surface area contributed by atoms with E-state index in [0.717, 1.165) is 28.2 Å². The van der Waals surface area contributed by atoms with Crippen molar-refractivity contribution in [2.24, 2.45) is 5.10 Å². The second-order valence-electron chi connectivity index (χ2n) is 8.50. The number of amides is 1. The summed E-state index contributed by atoms with van der Waals surface area (Å²) in [5, 5.41) is 6.40. The second-order valence-corrected chi connectivity index (χ2v) is 8.50. The minimum Gasteiger partial charge on any atom is -0.497 e. The molecule has 1 amide bonds. The molecule has 35 heavy (non-hydrogen) atoms. The van der Waals surface area contributed by atoms with Crippen LogP contribution >= 0.6 is 0 Å². The van der Waals surface area contributed by atoms with E-state index in [0.29, 0.717) is 24.5 Å². The fourth-order valence-corrected chi connectivity index (χ4v) is 4.31. The van der Waals surface area contributed by atoms with Gasteiger partial charge in [-0.3, -0.25) is 9.69 Å². The molecule has 7 heteroatoms. The molecular formula is C28H31N3O4. The van der Waals surface area contributed by atoms with E-state index in [9.17, 15) is 4.79 Å². The van der Waals surface area contributed by atoms with Gasteiger partial charge in [-0.1, -0.05) is 42.5 Å². The van der Waals surface area contributed by atoms with E-state index in [-0.39, 0.29) is 18.5 Å². The van der Waals surface area contributed by atoms with Crippen molar-refractivity contribution in [3.05, 3.63) is 89.5 Å². The van der Waals surface area contributed by atoms with Crippen LogP contribution in [0.25, 0.3) is 0 Å². The molecule has 1 heterocycles. The first-order valence-electron chi connectivity index (χ1n) is 11.5. The van der Waals surface area contributed by atoms with Gasteiger partial charge in [-0.05, 0) is 36.9 Å². The fourth-order valence-electron chi connectivity index (χ4n) is 4.31. The van der Waals surface area contributed by atoms with Crippen LogP contribution in [0.5, 0.6) is 17.2 Å². The molecule has 0 saturated heterocycles. The molecule has 3 aromatic carbocycles. The summed E-state index contributed by atoms with van der Waals surface area (Å²) >= 11 is 0. The van der Waals surface area contributed by atoms with Gasteiger partial charge < -0.3 is 14.2 Å². The molecular weight excluding hydrogens is 442 g/mol. The molecule has 3 aromatic rings. The number of hydrogen-bond acceptors (Lipinski definition) is 6. The molecule has 0 radical (unpaired) electrons. The van der Waals surface area contributed by atoms with Gasteiger partial charge in [0.05, 0.1) is 39.6 Å². The summed E-state index contributed by atoms with van der Waals surface area (Å²) in [7, 11) is 6.82. The van der Waals surface area contributed by atoms with Crippen LogP contribution in [-0.2, 0) is 11.3 Å². The van der Waals surface area contributed by atoms with Crippen molar-refractivity contribution in [2.45, 2.75) is 19.0 Å². The van der Waals surface area contributed by atoms with Crippen LogP contribution in [-0.4, -0.2) is 56.4 Å². The lowest BCUT2D eigenvalue weighted by Crippen LogP contribution is -2.36. The first-order chi connectivity index (χ1) is 17.0. The highest BCUT2D eigenvalue weighted by Gasteiger charge is 2.35. The zero-order valence-corrected chi connectivity index (χ0v) is 20.6. The molecule has 0 N–H and O–H groups in total. The number of nitrogens with zero attached hydrogens (tertiary/aromatic N) is 3. The third kappa shape index (κ3) is 5.63. The smallest absolute Gasteiger partial charge is 0.257 e. The Hall–Kier alpha value is -3.84. The van der Waals surface area contributed by atoms with E-state index >= 15 is 0 Å². The maximum Gasteiger partial charge on any atom is 0.257 e. The lowest BCUT2D eigenvalue weighted by molar-refractivity contribution is -0.134. The average molecular weight is 474 g/mol. The molecule has 1 atom stereocenters. The Morgan fingerprint density at radius 2 is 1.69 bits per heavy atom. The molecule has 1 unspecified atom stereocenters. The summed E-state index contributed by atoms with van der Waals surface area (Å²) in [6.07, 6.45) is 0.560. The standard InChI is InChI=1S/C28H31N3O4/c1-30(18-20-9-6-5-7-10-20)19-28(32)31-26(24-14-13-23(34-3)16-27(24)35-4)17-25(29-31)21-11-8-12-22(15-21)33-2/h5-16,26H,17-19H2,1-4H3. The lowest BCUT2D eigenvalue weighted by atomic mass is 9.97. The van der Waals surface area contributed by atoms with Crippen molar-refractivity contribution < 1.29 is 19.0 Å². The van der Waals surface area contributed by atoms with Gasteiger partial charge in [0.1, 0.15) is 17.2 Å². The molecule has 182 valence electrons. The van der Waals surface area contributed by atoms with Gasteiger partial charge >= 0.3 is 0 Å². The van der Waals surface area contributed by atoms with E-state index in [1.54, 1.807) is 26.3 Å². The molecule has 0 fully saturated rings. The summed E-state index contributed by atoms with van der Waals surface area (Å²) in [6.45, 7) is 0.905. The number of carbonyl (C=O) groups excluding carboxylic acids is 1. The molecule has 4 rings (SSSR count). The van der Waals surface area contributed by atoms with Gasteiger partial charge in [0, 0.05) is 30.2 Å². The Balaban J connectivity index is 1.63. The predicted octanol–water partition coefficient (Wildman–Crippen LogP) is 4.52. The summed E-state index contributed by atoms with van der Waals surface area (Å²) in [6, 6.07) is 23.2. The van der Waals surface area contributed by atoms with E-state index in [1.807, 2.05) is 72.6 Å². The summed E-state index contributed by atoms with van der Waals surface area (Å²) in [5.41, 5.74) is 3.78. The third-order valence-electron chi connectivity index (χ3n) is 6.07. The van der Waals surface area contributed by atoms with Crippen LogP contribution in [0.15, 0.2) is 77.9 Å². The molecule has 0 aliphatic carbocycles. The van der Waals surface area contributed by atoms with Crippen molar-refractivity contribution in [1.29, 1.82) is 0 Å². The van der Waals surface area contributed by atoms with Gasteiger partial charge in [-0.25, -0.2) is 5.01 Å². The van der Waals surface area contributed by atoms with Gasteiger partial charge in [0.25, 0.3) is 5.91 Å². The Morgan fingerprint density at radius 3 is 2.40 bits per heavy atom. The van der Waals surface area contributed by atoms with Gasteiger partial charge in [0.2, 0.25) is 0 Å². The van der Waals surface area contributed by atoms with Gasteiger partial charge in [0.15, 0.2) is 0 Å². The quantitative estimate of drug-likeness (QED) is 0.457. The number of hydrazone groups is 1. The maximum atomic E-state index is 13.5. The number of carbonyl (C=O) groups is 1. The van der Waals surface area contributed by atoms with Crippen molar-refractivity contribution in [3.63, 3.8) is 0 Å². The number of methoxy groups -OCH3 is 3. The highest BCUT2D eigenvalue weighted by Crippen LogP contribution is 2.39. The van der Waals surface area contributed by atoms with E-state index in [1.165, 1.54) is 0 Å². The largest absolute Gasteiger partial charge is 0.497 e. The zero-order chi connectivity index (χ0) is 24.8. The molecule has 1 aliphatic rings. The van der Waals surface area contributed by atoms with Crippen molar-refractivity contribution in [3.8, 4) is 17.2 Å². The van der Waals surface area contributed by atoms with Crippen LogP contribution in [0.2, 0.25) is 0 Å². The van der Waals surface area contributed by atoms with Crippen LogP contribution in [0.1, 0.15) is 29.2 Å². The number of likely N-dealkylation sites (N-methyl/N-ethyl adjacent to an activating group) is 1. The molecule has 0 saturated carbocycles. The zero-order valence-electron chi connectivity index (χ0n) is 20.6. The maximum absolute atomic E-state index is 13.5. The Morgan fingerprint density at radius 1 is 0.943 bits per heavy atom. The number of ether oxygens (including phenoxy) is 3. The summed E-state index contributed by atoms with van der Waals surface area (Å²) in [4.78, 5) is 15.5. The minimum atomic E-state index is -0.297. The van der Waals surface area contributed by atoms with Gasteiger partial charge in [-0.2, -0.15) is 5.10 Å². The molecule has 1 aliphatic heterocycles. The Kier molecular flexibility index (Phi) is 7.67. The summed E-state index contributed by atoms with van der Waals surface area (Å²) < 4.78 is 16.4. The second kappa shape index (κ2) is 11.1. The van der Waals surface area contributed by atoms with E-state index < -0.39 is 0 Å². The van der Waals surface area contributed by atoms with Crippen molar-refractivity contribution in [2.75, 3.05) is 34.9 Å². The highest BCUT2D eigenvalue weighted by atomic mass is 16.5. The highest BCUT2D eigenvalue weighted by molar-refractivity contribution is 6.03. The van der Waals surface area contributed by atoms with Crippen LogP contribution < -0.4 is 14.2 Å². The SMILES string of the molecule is COc1cccc(C2=NN(C(=O)CN(C)Cc3ccccc3)C(c3ccc(OC)cc3OC)C2)c1. The van der Waals surface area contributed by atoms with E-state index in [2.05, 4.69) is 12.1 Å². The molecule has 7 nitrogen and oxygen atoms in total.